The van der Waals surface area contributed by atoms with Gasteiger partial charge in [0.2, 0.25) is 0 Å². The molecule has 2 rings (SSSR count). The predicted octanol–water partition coefficient (Wildman–Crippen LogP) is 2.71. The Kier molecular flexibility index (Phi) is 5.48. The Balaban J connectivity index is 1.92. The second-order valence-corrected chi connectivity index (χ2v) is 6.17. The molecule has 1 aliphatic carbocycles. The third-order valence-corrected chi connectivity index (χ3v) is 4.29. The molecule has 1 aromatic carbocycles. The zero-order valence-electron chi connectivity index (χ0n) is 12.8. The topological polar surface area (TPSA) is 41.6 Å². The normalized spacial score (nSPS) is 23.1. The van der Waals surface area contributed by atoms with E-state index in [9.17, 15) is 4.79 Å². The molecule has 0 aliphatic heterocycles. The van der Waals surface area contributed by atoms with E-state index in [2.05, 4.69) is 24.3 Å². The molecule has 1 saturated carbocycles. The Morgan fingerprint density at radius 1 is 1.38 bits per heavy atom. The highest BCUT2D eigenvalue weighted by molar-refractivity contribution is 6.32. The quantitative estimate of drug-likeness (QED) is 0.909. The second kappa shape index (κ2) is 7.14. The lowest BCUT2D eigenvalue weighted by atomic mass is 10.1. The first-order valence-corrected chi connectivity index (χ1v) is 7.75. The van der Waals surface area contributed by atoms with E-state index >= 15 is 0 Å². The van der Waals surface area contributed by atoms with Gasteiger partial charge in [0.25, 0.3) is 5.91 Å². The summed E-state index contributed by atoms with van der Waals surface area (Å²) in [5.74, 6) is 0.450. The van der Waals surface area contributed by atoms with Crippen molar-refractivity contribution in [3.05, 3.63) is 29.3 Å². The highest BCUT2D eigenvalue weighted by Crippen LogP contribution is 2.25. The highest BCUT2D eigenvalue weighted by atomic mass is 35.5. The molecule has 116 valence electrons. The van der Waals surface area contributed by atoms with Gasteiger partial charge in [-0.15, -0.1) is 0 Å². The van der Waals surface area contributed by atoms with Crippen molar-refractivity contribution in [3.8, 4) is 5.75 Å². The number of nitrogens with one attached hydrogen (secondary N) is 1. The fourth-order valence-electron chi connectivity index (χ4n) is 2.81. The van der Waals surface area contributed by atoms with Gasteiger partial charge in [-0.3, -0.25) is 4.79 Å². The monoisotopic (exact) mass is 310 g/mol. The number of ether oxygens (including phenoxy) is 1. The maximum Gasteiger partial charge on any atom is 0.261 e. The van der Waals surface area contributed by atoms with Crippen LogP contribution in [0, 0.1) is 0 Å². The average molecular weight is 311 g/mol. The number of para-hydroxylation sites is 1. The first-order chi connectivity index (χ1) is 9.99. The first kappa shape index (κ1) is 16.1. The van der Waals surface area contributed by atoms with E-state index in [0.717, 1.165) is 19.3 Å². The van der Waals surface area contributed by atoms with Gasteiger partial charge in [-0.1, -0.05) is 23.7 Å². The molecule has 21 heavy (non-hydrogen) atoms. The number of carbonyl (C=O) groups excluding carboxylic acids is 1. The van der Waals surface area contributed by atoms with Gasteiger partial charge >= 0.3 is 0 Å². The van der Waals surface area contributed by atoms with Crippen molar-refractivity contribution in [1.82, 2.24) is 10.2 Å². The summed E-state index contributed by atoms with van der Waals surface area (Å²) in [6.07, 6.45) is 2.73. The number of amides is 1. The second-order valence-electron chi connectivity index (χ2n) is 5.77. The van der Waals surface area contributed by atoms with Crippen molar-refractivity contribution < 1.29 is 9.53 Å². The molecule has 0 aromatic heterocycles. The van der Waals surface area contributed by atoms with Crippen molar-refractivity contribution in [1.29, 1.82) is 0 Å². The molecule has 1 N–H and O–H groups in total. The third-order valence-electron chi connectivity index (χ3n) is 3.98. The number of benzene rings is 1. The molecular weight excluding hydrogens is 288 g/mol. The summed E-state index contributed by atoms with van der Waals surface area (Å²) in [7, 11) is 4.11. The molecule has 0 heterocycles. The van der Waals surface area contributed by atoms with E-state index in [1.807, 2.05) is 12.1 Å². The molecule has 0 unspecified atom stereocenters. The highest BCUT2D eigenvalue weighted by Gasteiger charge is 2.31. The number of halogens is 1. The smallest absolute Gasteiger partial charge is 0.261 e. The van der Waals surface area contributed by atoms with E-state index in [1.54, 1.807) is 19.1 Å². The predicted molar refractivity (Wildman–Crippen MR) is 84.8 cm³/mol. The zero-order chi connectivity index (χ0) is 15.4. The van der Waals surface area contributed by atoms with Gasteiger partial charge in [-0.2, -0.15) is 0 Å². The molecule has 0 bridgehead atoms. The molecular formula is C16H23ClN2O2. The lowest BCUT2D eigenvalue weighted by molar-refractivity contribution is -0.128. The van der Waals surface area contributed by atoms with Crippen molar-refractivity contribution in [2.45, 2.75) is 44.4 Å². The minimum absolute atomic E-state index is 0.0892. The largest absolute Gasteiger partial charge is 0.479 e. The molecule has 5 heteroatoms. The van der Waals surface area contributed by atoms with Gasteiger partial charge in [0.15, 0.2) is 6.10 Å². The van der Waals surface area contributed by atoms with E-state index < -0.39 is 6.10 Å². The standard InChI is InChI=1S/C16H23ClN2O2/c1-11(21-15-10-5-4-7-12(15)17)16(20)18-13-8-6-9-14(13)19(2)3/h4-5,7,10-11,13-14H,6,8-9H2,1-3H3,(H,18,20)/t11-,13-,14+/m0/s1. The van der Waals surface area contributed by atoms with Gasteiger partial charge in [0, 0.05) is 12.1 Å². The fourth-order valence-corrected chi connectivity index (χ4v) is 2.99. The van der Waals surface area contributed by atoms with Crippen LogP contribution >= 0.6 is 11.6 Å². The van der Waals surface area contributed by atoms with Crippen molar-refractivity contribution in [2.75, 3.05) is 14.1 Å². The molecule has 1 aliphatic rings. The maximum atomic E-state index is 12.3. The molecule has 0 saturated heterocycles. The van der Waals surface area contributed by atoms with Crippen molar-refractivity contribution >= 4 is 17.5 Å². The number of nitrogens with zero attached hydrogens (tertiary/aromatic N) is 1. The van der Waals surface area contributed by atoms with Gasteiger partial charge in [0.05, 0.1) is 5.02 Å². The van der Waals surface area contributed by atoms with Crippen LogP contribution in [0.3, 0.4) is 0 Å². The Morgan fingerprint density at radius 2 is 2.10 bits per heavy atom. The molecule has 1 fully saturated rings. The van der Waals surface area contributed by atoms with Crippen LogP contribution in [0.4, 0.5) is 0 Å². The molecule has 3 atom stereocenters. The van der Waals surface area contributed by atoms with Gasteiger partial charge < -0.3 is 15.0 Å². The minimum Gasteiger partial charge on any atom is -0.479 e. The van der Waals surface area contributed by atoms with Crippen LogP contribution in [0.2, 0.25) is 5.02 Å². The Bertz CT molecular complexity index is 493. The Hall–Kier alpha value is -1.26. The lowest BCUT2D eigenvalue weighted by Crippen LogP contribution is -2.49. The van der Waals surface area contributed by atoms with E-state index in [0.29, 0.717) is 16.8 Å². The summed E-state index contributed by atoms with van der Waals surface area (Å²) < 4.78 is 5.66. The van der Waals surface area contributed by atoms with Crippen LogP contribution in [-0.4, -0.2) is 43.1 Å². The van der Waals surface area contributed by atoms with Crippen LogP contribution < -0.4 is 10.1 Å². The van der Waals surface area contributed by atoms with E-state index in [4.69, 9.17) is 16.3 Å². The molecule has 4 nitrogen and oxygen atoms in total. The Labute approximate surface area is 131 Å². The van der Waals surface area contributed by atoms with Gasteiger partial charge in [0.1, 0.15) is 5.75 Å². The summed E-state index contributed by atoms with van der Waals surface area (Å²) in [4.78, 5) is 14.5. The zero-order valence-corrected chi connectivity index (χ0v) is 13.6. The van der Waals surface area contributed by atoms with Crippen LogP contribution in [0.25, 0.3) is 0 Å². The summed E-state index contributed by atoms with van der Waals surface area (Å²) in [6.45, 7) is 1.75. The van der Waals surface area contributed by atoms with Crippen molar-refractivity contribution in [3.63, 3.8) is 0 Å². The molecule has 1 aromatic rings. The van der Waals surface area contributed by atoms with Crippen LogP contribution in [-0.2, 0) is 4.79 Å². The number of rotatable bonds is 5. The lowest BCUT2D eigenvalue weighted by Gasteiger charge is -2.28. The fraction of sp³-hybridized carbons (Fsp3) is 0.562. The number of carbonyl (C=O) groups is 1. The maximum absolute atomic E-state index is 12.3. The number of likely N-dealkylation sites (N-methyl/N-ethyl adjacent to an activating group) is 1. The third kappa shape index (κ3) is 4.11. The molecule has 0 spiro atoms. The molecule has 1 amide bonds. The van der Waals surface area contributed by atoms with E-state index in [-0.39, 0.29) is 11.9 Å². The van der Waals surface area contributed by atoms with Gasteiger partial charge in [-0.05, 0) is 52.4 Å². The summed E-state index contributed by atoms with van der Waals surface area (Å²) in [6, 6.07) is 7.79. The summed E-state index contributed by atoms with van der Waals surface area (Å²) in [5, 5.41) is 3.62. The van der Waals surface area contributed by atoms with Crippen molar-refractivity contribution in [2.24, 2.45) is 0 Å². The van der Waals surface area contributed by atoms with Crippen LogP contribution in [0.5, 0.6) is 5.75 Å². The number of hydrogen-bond donors (Lipinski definition) is 1. The van der Waals surface area contributed by atoms with Crippen LogP contribution in [0.15, 0.2) is 24.3 Å². The average Bonchev–Trinajstić information content (AvgIpc) is 2.89. The minimum atomic E-state index is -0.562. The van der Waals surface area contributed by atoms with Crippen LogP contribution in [0.1, 0.15) is 26.2 Å². The Morgan fingerprint density at radius 3 is 2.76 bits per heavy atom. The SMILES string of the molecule is C[C@H](Oc1ccccc1Cl)C(=O)N[C@H]1CCC[C@H]1N(C)C. The summed E-state index contributed by atoms with van der Waals surface area (Å²) in [5.41, 5.74) is 0. The number of hydrogen-bond acceptors (Lipinski definition) is 3. The molecule has 0 radical (unpaired) electrons. The van der Waals surface area contributed by atoms with Gasteiger partial charge in [-0.25, -0.2) is 0 Å². The summed E-state index contributed by atoms with van der Waals surface area (Å²) >= 11 is 6.04. The van der Waals surface area contributed by atoms with E-state index in [1.165, 1.54) is 0 Å². The first-order valence-electron chi connectivity index (χ1n) is 7.37.